The van der Waals surface area contributed by atoms with Gasteiger partial charge in [0, 0.05) is 33.8 Å². The normalized spacial score (nSPS) is 10.6. The zero-order valence-electron chi connectivity index (χ0n) is 24.8. The van der Waals surface area contributed by atoms with E-state index in [1.54, 1.807) is 6.07 Å². The predicted octanol–water partition coefficient (Wildman–Crippen LogP) is 5.88. The number of nitro benzene ring substituents is 1. The first-order chi connectivity index (χ1) is 20.0. The van der Waals surface area contributed by atoms with Crippen LogP contribution in [0.25, 0.3) is 21.8 Å². The van der Waals surface area contributed by atoms with Crippen LogP contribution in [-0.4, -0.2) is 58.9 Å². The van der Waals surface area contributed by atoms with Crippen LogP contribution >= 0.6 is 36.7 Å². The summed E-state index contributed by atoms with van der Waals surface area (Å²) in [5, 5.41) is 30.2. The van der Waals surface area contributed by atoms with Crippen LogP contribution in [0.15, 0.2) is 54.6 Å². The maximum Gasteiger partial charge on any atom is 0.394 e. The van der Waals surface area contributed by atoms with Gasteiger partial charge in [-0.05, 0) is 34.0 Å². The molecular weight excluding hydrogens is 744 g/mol. The van der Waals surface area contributed by atoms with Crippen molar-refractivity contribution in [2.45, 2.75) is 39.3 Å². The van der Waals surface area contributed by atoms with Crippen LogP contribution in [-0.2, 0) is 32.8 Å². The van der Waals surface area contributed by atoms with Gasteiger partial charge in [-0.3, -0.25) is 19.2 Å². The quantitative estimate of drug-likeness (QED) is 0.0731. The van der Waals surface area contributed by atoms with Crippen LogP contribution in [0.5, 0.6) is 0 Å². The Morgan fingerprint density at radius 3 is 1.58 bits per heavy atom. The molecule has 0 aliphatic rings. The molecular formula is C24H32Cl2N4O9S4Si2. The Hall–Kier alpha value is -2.47. The molecule has 21 heteroatoms. The number of pyridine rings is 2. The first kappa shape index (κ1) is 44.7. The highest BCUT2D eigenvalue weighted by Gasteiger charge is 2.24. The van der Waals surface area contributed by atoms with Gasteiger partial charge in [-0.15, -0.1) is 10.1 Å². The van der Waals surface area contributed by atoms with Gasteiger partial charge in [0.15, 0.2) is 0 Å². The molecule has 0 spiro atoms. The van der Waals surface area contributed by atoms with Crippen LogP contribution in [0.1, 0.15) is 0 Å². The molecule has 0 aliphatic heterocycles. The van der Waals surface area contributed by atoms with Crippen LogP contribution in [0.4, 0.5) is 5.69 Å². The molecule has 13 nitrogen and oxygen atoms in total. The molecule has 4 aromatic rings. The van der Waals surface area contributed by atoms with Gasteiger partial charge in [-0.2, -0.15) is 21.9 Å². The minimum absolute atomic E-state index is 0. The molecule has 0 atom stereocenters. The van der Waals surface area contributed by atoms with E-state index < -0.39 is 36.6 Å². The van der Waals surface area contributed by atoms with E-state index in [9.17, 15) is 10.1 Å². The monoisotopic (exact) mass is 774 g/mol. The molecule has 2 aromatic carbocycles. The molecule has 2 heterocycles. The summed E-state index contributed by atoms with van der Waals surface area (Å²) in [6, 6.07) is 17.1. The third-order valence-corrected chi connectivity index (χ3v) is 9.73. The summed E-state index contributed by atoms with van der Waals surface area (Å²) in [6.45, 7) is 13.5. The molecule has 0 radical (unpaired) electrons. The van der Waals surface area contributed by atoms with E-state index in [0.717, 1.165) is 16.1 Å². The highest BCUT2D eigenvalue weighted by Crippen LogP contribution is 2.25. The fourth-order valence-corrected chi connectivity index (χ4v) is 7.48. The van der Waals surface area contributed by atoms with Crippen LogP contribution in [0.3, 0.4) is 0 Å². The molecule has 2 aromatic heterocycles. The number of para-hydroxylation sites is 2. The summed E-state index contributed by atoms with van der Waals surface area (Å²) in [6.07, 6.45) is 0. The maximum atomic E-state index is 11.0. The number of fused-ring (bicyclic) bond motifs is 2. The van der Waals surface area contributed by atoms with Gasteiger partial charge < -0.3 is 5.21 Å². The van der Waals surface area contributed by atoms with E-state index in [-0.39, 0.29) is 19.2 Å². The highest BCUT2D eigenvalue weighted by molar-refractivity contribution is 8.07. The van der Waals surface area contributed by atoms with Gasteiger partial charge in [0.1, 0.15) is 15.8 Å². The number of nitrogens with zero attached hydrogens (tertiary/aromatic N) is 4. The lowest BCUT2D eigenvalue weighted by atomic mass is 10.2. The first-order valence-electron chi connectivity index (χ1n) is 12.0. The summed E-state index contributed by atoms with van der Waals surface area (Å²) in [4.78, 5) is 27.4. The smallest absolute Gasteiger partial charge is 0.328 e. The SMILES string of the molecule is C[Si](C)(C)c1cc(Cl)nc2c([N+](=O)[O-])cccc12.C[Si](C)(C)c1cc(Cl)nc2ccccc12.O=S(=O)(O)O.O=[N+]([O-])O.S.S=S. The Morgan fingerprint density at radius 2 is 1.16 bits per heavy atom. The van der Waals surface area contributed by atoms with Gasteiger partial charge in [-0.1, -0.05) is 92.8 Å². The number of hydrogen-bond donors (Lipinski definition) is 3. The average molecular weight is 776 g/mol. The van der Waals surface area contributed by atoms with Crippen molar-refractivity contribution in [3.8, 4) is 0 Å². The molecule has 0 unspecified atom stereocenters. The molecule has 0 bridgehead atoms. The van der Waals surface area contributed by atoms with E-state index >= 15 is 0 Å². The molecule has 3 N–H and O–H groups in total. The highest BCUT2D eigenvalue weighted by atomic mass is 35.5. The molecule has 0 fully saturated rings. The lowest BCUT2D eigenvalue weighted by Gasteiger charge is -2.19. The number of benzene rings is 2. The van der Waals surface area contributed by atoms with Gasteiger partial charge in [0.05, 0.1) is 26.6 Å². The van der Waals surface area contributed by atoms with Crippen molar-refractivity contribution in [1.29, 1.82) is 0 Å². The topological polar surface area (TPSA) is 207 Å². The Bertz CT molecular complexity index is 1720. The van der Waals surface area contributed by atoms with Gasteiger partial charge in [0.2, 0.25) is 0 Å². The van der Waals surface area contributed by atoms with Crippen molar-refractivity contribution in [2.75, 3.05) is 0 Å². The van der Waals surface area contributed by atoms with Gasteiger partial charge in [-0.25, -0.2) is 9.97 Å². The maximum absolute atomic E-state index is 11.0. The van der Waals surface area contributed by atoms with Crippen LogP contribution in [0, 0.1) is 20.2 Å². The largest absolute Gasteiger partial charge is 0.394 e. The summed E-state index contributed by atoms with van der Waals surface area (Å²) in [5.41, 5.74) is 1.39. The summed E-state index contributed by atoms with van der Waals surface area (Å²) < 4.78 is 31.6. The molecule has 45 heavy (non-hydrogen) atoms. The molecule has 4 rings (SSSR count). The molecule has 0 saturated heterocycles. The van der Waals surface area contributed by atoms with E-state index in [1.165, 1.54) is 16.6 Å². The van der Waals surface area contributed by atoms with Gasteiger partial charge in [0.25, 0.3) is 10.8 Å². The number of rotatable bonds is 3. The molecule has 248 valence electrons. The fourth-order valence-electron chi connectivity index (χ4n) is 3.73. The van der Waals surface area contributed by atoms with Crippen molar-refractivity contribution in [2.24, 2.45) is 0 Å². The molecule has 0 saturated carbocycles. The van der Waals surface area contributed by atoms with Crippen molar-refractivity contribution in [3.63, 3.8) is 0 Å². The third-order valence-electron chi connectivity index (χ3n) is 5.28. The van der Waals surface area contributed by atoms with E-state index in [1.807, 2.05) is 30.3 Å². The Balaban J connectivity index is 0. The lowest BCUT2D eigenvalue weighted by molar-refractivity contribution is -0.742. The lowest BCUT2D eigenvalue weighted by Crippen LogP contribution is -2.38. The summed E-state index contributed by atoms with van der Waals surface area (Å²) >= 11 is 19.4. The zero-order valence-corrected chi connectivity index (χ0v) is 31.7. The van der Waals surface area contributed by atoms with Crippen LogP contribution in [0.2, 0.25) is 49.6 Å². The summed E-state index contributed by atoms with van der Waals surface area (Å²) in [7, 11) is -7.65. The number of nitro groups is 1. The number of hydrogen-bond acceptors (Lipinski definition) is 10. The number of halogens is 2. The first-order valence-corrected chi connectivity index (χ1v) is 22.5. The standard InChI is InChI=1S/C12H13ClN2O2Si.C12H14ClNSi.HNO3.H2O4S.S2.H2S/c1-18(2,3)10-7-11(13)14-12-8(10)5-4-6-9(12)15(16)17;1-15(2,3)11-8-12(13)14-10-7-5-4-6-9(10)11;2-1(3)4;1-5(2,3)4;1-2;/h4-7H,1-3H3;4-8H,1-3H3;(H,2,3,4);(H2,1,2,3,4);;1H2. The molecule has 0 amide bonds. The van der Waals surface area contributed by atoms with E-state index in [2.05, 4.69) is 83.8 Å². The van der Waals surface area contributed by atoms with E-state index in [4.69, 9.17) is 56.0 Å². The summed E-state index contributed by atoms with van der Waals surface area (Å²) in [5.74, 6) is 0. The zero-order chi connectivity index (χ0) is 34.6. The van der Waals surface area contributed by atoms with Crippen LogP contribution < -0.4 is 10.4 Å². The third kappa shape index (κ3) is 16.6. The number of aromatic nitrogens is 2. The minimum atomic E-state index is -4.67. The second-order valence-corrected chi connectivity index (χ2v) is 22.4. The van der Waals surface area contributed by atoms with Crippen molar-refractivity contribution < 1.29 is 32.7 Å². The van der Waals surface area contributed by atoms with Crippen molar-refractivity contribution in [1.82, 2.24) is 9.97 Å². The predicted molar refractivity (Wildman–Crippen MR) is 194 cm³/mol. The average Bonchev–Trinajstić information content (AvgIpc) is 2.86. The van der Waals surface area contributed by atoms with E-state index in [0.29, 0.717) is 15.8 Å². The second-order valence-electron chi connectivity index (χ2n) is 10.6. The second kappa shape index (κ2) is 19.3. The molecule has 0 aliphatic carbocycles. The van der Waals surface area contributed by atoms with Crippen molar-refractivity contribution in [3.05, 3.63) is 85.1 Å². The van der Waals surface area contributed by atoms with Gasteiger partial charge >= 0.3 is 10.4 Å². The minimum Gasteiger partial charge on any atom is -0.328 e. The Morgan fingerprint density at radius 1 is 0.778 bits per heavy atom. The number of non-ortho nitro benzene ring substituents is 1. The Kier molecular flexibility index (Phi) is 19.1. The fraction of sp³-hybridized carbons (Fsp3) is 0.250. The van der Waals surface area contributed by atoms with Crippen molar-refractivity contribution >= 4 is 123 Å². The Labute approximate surface area is 289 Å².